The standard InChI is InChI=1S/C9H19NO2/c1-6-5-9(3,11-4)8(10)7(2)12-6/h6-8H,5,10H2,1-4H3/t6-,7-,8-,9+/m0/s1. The average molecular weight is 173 g/mol. The summed E-state index contributed by atoms with van der Waals surface area (Å²) in [5.41, 5.74) is 5.75. The third-order valence-electron chi connectivity index (χ3n) is 2.82. The van der Waals surface area contributed by atoms with Gasteiger partial charge in [-0.3, -0.25) is 0 Å². The molecule has 0 amide bonds. The van der Waals surface area contributed by atoms with Crippen molar-refractivity contribution in [3.8, 4) is 0 Å². The van der Waals surface area contributed by atoms with Gasteiger partial charge in [0.25, 0.3) is 0 Å². The number of hydrogen-bond donors (Lipinski definition) is 1. The van der Waals surface area contributed by atoms with Crippen LogP contribution < -0.4 is 5.73 Å². The third kappa shape index (κ3) is 1.63. The van der Waals surface area contributed by atoms with E-state index in [9.17, 15) is 0 Å². The first-order valence-electron chi connectivity index (χ1n) is 4.46. The Hall–Kier alpha value is -0.120. The second-order valence-electron chi connectivity index (χ2n) is 3.90. The smallest absolute Gasteiger partial charge is 0.0850 e. The minimum atomic E-state index is -0.225. The van der Waals surface area contributed by atoms with Crippen molar-refractivity contribution < 1.29 is 9.47 Å². The highest BCUT2D eigenvalue weighted by Crippen LogP contribution is 2.30. The second kappa shape index (κ2) is 3.32. The van der Waals surface area contributed by atoms with Gasteiger partial charge in [0.15, 0.2) is 0 Å². The number of methoxy groups -OCH3 is 1. The fourth-order valence-corrected chi connectivity index (χ4v) is 1.92. The van der Waals surface area contributed by atoms with Crippen molar-refractivity contribution in [2.24, 2.45) is 5.73 Å². The minimum Gasteiger partial charge on any atom is -0.377 e. The molecule has 0 aromatic carbocycles. The van der Waals surface area contributed by atoms with E-state index < -0.39 is 0 Å². The molecule has 1 heterocycles. The van der Waals surface area contributed by atoms with Gasteiger partial charge in [0.05, 0.1) is 23.9 Å². The molecule has 1 saturated heterocycles. The summed E-state index contributed by atoms with van der Waals surface area (Å²) in [6.45, 7) is 6.10. The molecule has 0 saturated carbocycles. The van der Waals surface area contributed by atoms with Gasteiger partial charge < -0.3 is 15.2 Å². The van der Waals surface area contributed by atoms with E-state index in [-0.39, 0.29) is 23.9 Å². The molecule has 0 spiro atoms. The van der Waals surface area contributed by atoms with Crippen LogP contribution in [0.4, 0.5) is 0 Å². The predicted octanol–water partition coefficient (Wildman–Crippen LogP) is 0.916. The Labute approximate surface area is 74.2 Å². The fraction of sp³-hybridized carbons (Fsp3) is 1.00. The lowest BCUT2D eigenvalue weighted by Crippen LogP contribution is -2.59. The van der Waals surface area contributed by atoms with E-state index in [4.69, 9.17) is 15.2 Å². The Morgan fingerprint density at radius 3 is 2.58 bits per heavy atom. The topological polar surface area (TPSA) is 44.5 Å². The first-order valence-corrected chi connectivity index (χ1v) is 4.46. The molecular formula is C9H19NO2. The summed E-state index contributed by atoms with van der Waals surface area (Å²) in [6, 6.07) is -0.0290. The molecule has 0 unspecified atom stereocenters. The largest absolute Gasteiger partial charge is 0.377 e. The first-order chi connectivity index (χ1) is 5.49. The molecular weight excluding hydrogens is 154 g/mol. The highest BCUT2D eigenvalue weighted by molar-refractivity contribution is 4.96. The normalized spacial score (nSPS) is 49.2. The van der Waals surface area contributed by atoms with E-state index in [0.29, 0.717) is 0 Å². The molecule has 1 rings (SSSR count). The zero-order valence-electron chi connectivity index (χ0n) is 8.33. The van der Waals surface area contributed by atoms with Gasteiger partial charge in [-0.2, -0.15) is 0 Å². The van der Waals surface area contributed by atoms with Crippen molar-refractivity contribution >= 4 is 0 Å². The van der Waals surface area contributed by atoms with E-state index in [1.807, 2.05) is 13.8 Å². The molecule has 1 fully saturated rings. The molecule has 2 N–H and O–H groups in total. The quantitative estimate of drug-likeness (QED) is 0.641. The van der Waals surface area contributed by atoms with Crippen LogP contribution in [0, 0.1) is 0 Å². The monoisotopic (exact) mass is 173 g/mol. The average Bonchev–Trinajstić information content (AvgIpc) is 2.00. The van der Waals surface area contributed by atoms with Crippen LogP contribution in [0.1, 0.15) is 27.2 Å². The Morgan fingerprint density at radius 2 is 2.08 bits per heavy atom. The Morgan fingerprint density at radius 1 is 1.50 bits per heavy atom. The van der Waals surface area contributed by atoms with Crippen LogP contribution >= 0.6 is 0 Å². The van der Waals surface area contributed by atoms with E-state index >= 15 is 0 Å². The van der Waals surface area contributed by atoms with Crippen LogP contribution in [-0.4, -0.2) is 31.0 Å². The van der Waals surface area contributed by atoms with Crippen LogP contribution in [-0.2, 0) is 9.47 Å². The van der Waals surface area contributed by atoms with Gasteiger partial charge in [0.1, 0.15) is 0 Å². The lowest BCUT2D eigenvalue weighted by Gasteiger charge is -2.44. The summed E-state index contributed by atoms with van der Waals surface area (Å²) < 4.78 is 11.0. The molecule has 4 atom stereocenters. The van der Waals surface area contributed by atoms with E-state index in [1.165, 1.54) is 0 Å². The van der Waals surface area contributed by atoms with Crippen molar-refractivity contribution in [3.63, 3.8) is 0 Å². The van der Waals surface area contributed by atoms with Gasteiger partial charge in [0, 0.05) is 13.5 Å². The molecule has 3 heteroatoms. The number of ether oxygens (including phenoxy) is 2. The van der Waals surface area contributed by atoms with E-state index in [0.717, 1.165) is 6.42 Å². The van der Waals surface area contributed by atoms with Crippen LogP contribution in [0.5, 0.6) is 0 Å². The van der Waals surface area contributed by atoms with Crippen molar-refractivity contribution in [3.05, 3.63) is 0 Å². The molecule has 3 nitrogen and oxygen atoms in total. The molecule has 0 aromatic rings. The summed E-state index contributed by atoms with van der Waals surface area (Å²) in [7, 11) is 1.71. The summed E-state index contributed by atoms with van der Waals surface area (Å²) >= 11 is 0. The highest BCUT2D eigenvalue weighted by Gasteiger charge is 2.41. The van der Waals surface area contributed by atoms with Gasteiger partial charge in [-0.1, -0.05) is 0 Å². The molecule has 12 heavy (non-hydrogen) atoms. The van der Waals surface area contributed by atoms with Gasteiger partial charge in [-0.25, -0.2) is 0 Å². The molecule has 0 aliphatic carbocycles. The Kier molecular flexibility index (Phi) is 2.76. The van der Waals surface area contributed by atoms with Gasteiger partial charge >= 0.3 is 0 Å². The summed E-state index contributed by atoms with van der Waals surface area (Å²) in [4.78, 5) is 0. The highest BCUT2D eigenvalue weighted by atomic mass is 16.5. The lowest BCUT2D eigenvalue weighted by molar-refractivity contribution is -0.152. The molecule has 0 radical (unpaired) electrons. The number of nitrogens with two attached hydrogens (primary N) is 1. The van der Waals surface area contributed by atoms with Crippen molar-refractivity contribution in [1.82, 2.24) is 0 Å². The maximum atomic E-state index is 5.98. The van der Waals surface area contributed by atoms with Crippen LogP contribution in [0.2, 0.25) is 0 Å². The second-order valence-corrected chi connectivity index (χ2v) is 3.90. The van der Waals surface area contributed by atoms with Crippen molar-refractivity contribution in [1.29, 1.82) is 0 Å². The SMILES string of the molecule is CO[C@]1(C)C[C@H](C)O[C@@H](C)[C@@H]1N. The fourth-order valence-electron chi connectivity index (χ4n) is 1.92. The zero-order valence-corrected chi connectivity index (χ0v) is 8.33. The molecule has 0 aromatic heterocycles. The maximum absolute atomic E-state index is 5.98. The van der Waals surface area contributed by atoms with Crippen LogP contribution in [0.25, 0.3) is 0 Å². The Balaban J connectivity index is 2.72. The van der Waals surface area contributed by atoms with Crippen molar-refractivity contribution in [2.45, 2.75) is 51.0 Å². The van der Waals surface area contributed by atoms with Gasteiger partial charge in [-0.15, -0.1) is 0 Å². The number of rotatable bonds is 1. The zero-order chi connectivity index (χ0) is 9.35. The predicted molar refractivity (Wildman–Crippen MR) is 48.0 cm³/mol. The summed E-state index contributed by atoms with van der Waals surface area (Å²) in [6.07, 6.45) is 1.19. The summed E-state index contributed by atoms with van der Waals surface area (Å²) in [5, 5.41) is 0. The third-order valence-corrected chi connectivity index (χ3v) is 2.82. The molecule has 0 bridgehead atoms. The lowest BCUT2D eigenvalue weighted by atomic mass is 9.85. The first kappa shape index (κ1) is 9.96. The van der Waals surface area contributed by atoms with E-state index in [1.54, 1.807) is 7.11 Å². The van der Waals surface area contributed by atoms with Gasteiger partial charge in [-0.05, 0) is 20.8 Å². The summed E-state index contributed by atoms with van der Waals surface area (Å²) in [5.74, 6) is 0. The minimum absolute atomic E-state index is 0.0290. The Bertz CT molecular complexity index is 163. The molecule has 1 aliphatic heterocycles. The molecule has 72 valence electrons. The van der Waals surface area contributed by atoms with E-state index in [2.05, 4.69) is 6.92 Å². The number of hydrogen-bond acceptors (Lipinski definition) is 3. The molecule has 1 aliphatic rings. The van der Waals surface area contributed by atoms with Gasteiger partial charge in [0.2, 0.25) is 0 Å². The van der Waals surface area contributed by atoms with Crippen LogP contribution in [0.15, 0.2) is 0 Å². The van der Waals surface area contributed by atoms with Crippen LogP contribution in [0.3, 0.4) is 0 Å². The maximum Gasteiger partial charge on any atom is 0.0850 e. The van der Waals surface area contributed by atoms with Crippen molar-refractivity contribution in [2.75, 3.05) is 7.11 Å².